The molecule has 2 aliphatic rings. The molecule has 0 radical (unpaired) electrons. The van der Waals surface area contributed by atoms with E-state index in [1.165, 1.54) is 18.2 Å². The van der Waals surface area contributed by atoms with E-state index in [-0.39, 0.29) is 40.7 Å². The van der Waals surface area contributed by atoms with Gasteiger partial charge < -0.3 is 4.90 Å². The van der Waals surface area contributed by atoms with E-state index in [4.69, 9.17) is 0 Å². The second kappa shape index (κ2) is 10.1. The molecule has 1 heterocycles. The Kier molecular flexibility index (Phi) is 7.35. The number of carbonyl (C=O) groups excluding carboxylic acids is 2. The van der Waals surface area contributed by atoms with Crippen molar-refractivity contribution in [2.24, 2.45) is 11.8 Å². The number of Topliss-reactive ketones (excluding diaryl/α,β-unsaturated/α-hetero) is 1. The fraction of sp³-hybridized carbons (Fsp3) is 0.462. The Labute approximate surface area is 203 Å². The molecule has 1 amide bonds. The molecule has 0 N–H and O–H groups in total. The highest BCUT2D eigenvalue weighted by atomic mass is 32.2. The molecule has 4 rings (SSSR count). The SMILES string of the molecule is O=C1CC[C@H](N2CC[C@@H](CCc3cccc(C(F)(F)F)c3)C2=O)[C@@H](CS(=O)(=O)c2ccccc2)C1. The van der Waals surface area contributed by atoms with Crippen molar-refractivity contribution < 1.29 is 31.2 Å². The number of ketones is 1. The highest BCUT2D eigenvalue weighted by Crippen LogP contribution is 2.35. The van der Waals surface area contributed by atoms with E-state index in [9.17, 15) is 31.2 Å². The summed E-state index contributed by atoms with van der Waals surface area (Å²) in [4.78, 5) is 27.3. The molecule has 3 atom stereocenters. The van der Waals surface area contributed by atoms with E-state index in [0.29, 0.717) is 44.2 Å². The van der Waals surface area contributed by atoms with Crippen LogP contribution in [0.5, 0.6) is 0 Å². The van der Waals surface area contributed by atoms with Crippen LogP contribution in [0, 0.1) is 11.8 Å². The molecule has 188 valence electrons. The number of hydrogen-bond acceptors (Lipinski definition) is 4. The van der Waals surface area contributed by atoms with Crippen molar-refractivity contribution in [3.63, 3.8) is 0 Å². The zero-order valence-corrected chi connectivity index (χ0v) is 20.0. The first kappa shape index (κ1) is 25.4. The summed E-state index contributed by atoms with van der Waals surface area (Å²) in [5.74, 6) is -1.10. The number of benzene rings is 2. The molecule has 2 aromatic carbocycles. The maximum absolute atomic E-state index is 13.2. The molecule has 1 saturated carbocycles. The average molecular weight is 508 g/mol. The molecule has 0 unspecified atom stereocenters. The number of aryl methyl sites for hydroxylation is 1. The summed E-state index contributed by atoms with van der Waals surface area (Å²) >= 11 is 0. The van der Waals surface area contributed by atoms with Crippen LogP contribution in [0.25, 0.3) is 0 Å². The van der Waals surface area contributed by atoms with Gasteiger partial charge in [-0.05, 0) is 49.4 Å². The van der Waals surface area contributed by atoms with Gasteiger partial charge in [0, 0.05) is 37.3 Å². The number of halogens is 3. The summed E-state index contributed by atoms with van der Waals surface area (Å²) in [6.45, 7) is 0.465. The number of sulfone groups is 1. The first-order valence-corrected chi connectivity index (χ1v) is 13.5. The van der Waals surface area contributed by atoms with Gasteiger partial charge in [0.05, 0.1) is 16.2 Å². The molecular formula is C26H28F3NO4S. The quantitative estimate of drug-likeness (QED) is 0.545. The Morgan fingerprint density at radius 2 is 1.71 bits per heavy atom. The lowest BCUT2D eigenvalue weighted by Gasteiger charge is -2.37. The van der Waals surface area contributed by atoms with Crippen LogP contribution >= 0.6 is 0 Å². The van der Waals surface area contributed by atoms with Gasteiger partial charge in [-0.25, -0.2) is 8.42 Å². The third kappa shape index (κ3) is 5.94. The van der Waals surface area contributed by atoms with Gasteiger partial charge >= 0.3 is 6.18 Å². The summed E-state index contributed by atoms with van der Waals surface area (Å²) < 4.78 is 64.9. The van der Waals surface area contributed by atoms with Crippen LogP contribution in [0.1, 0.15) is 43.2 Å². The highest BCUT2D eigenvalue weighted by Gasteiger charge is 2.42. The second-order valence-electron chi connectivity index (χ2n) is 9.46. The zero-order valence-electron chi connectivity index (χ0n) is 19.2. The number of rotatable bonds is 7. The molecule has 2 aromatic rings. The minimum Gasteiger partial charge on any atom is -0.339 e. The predicted molar refractivity (Wildman–Crippen MR) is 124 cm³/mol. The Hall–Kier alpha value is -2.68. The van der Waals surface area contributed by atoms with E-state index in [2.05, 4.69) is 0 Å². The Bertz CT molecular complexity index is 1180. The lowest BCUT2D eigenvalue weighted by atomic mass is 9.84. The highest BCUT2D eigenvalue weighted by molar-refractivity contribution is 7.91. The van der Waals surface area contributed by atoms with Gasteiger partial charge in [0.25, 0.3) is 0 Å². The van der Waals surface area contributed by atoms with Crippen LogP contribution < -0.4 is 0 Å². The van der Waals surface area contributed by atoms with E-state index in [1.807, 2.05) is 0 Å². The summed E-state index contributed by atoms with van der Waals surface area (Å²) in [5, 5.41) is 0. The van der Waals surface area contributed by atoms with Crippen molar-refractivity contribution in [2.45, 2.75) is 55.6 Å². The van der Waals surface area contributed by atoms with E-state index < -0.39 is 27.5 Å². The van der Waals surface area contributed by atoms with Gasteiger partial charge in [-0.3, -0.25) is 9.59 Å². The number of likely N-dealkylation sites (tertiary alicyclic amines) is 1. The van der Waals surface area contributed by atoms with Crippen molar-refractivity contribution in [1.29, 1.82) is 0 Å². The normalized spacial score (nSPS) is 23.6. The van der Waals surface area contributed by atoms with Gasteiger partial charge in [-0.2, -0.15) is 13.2 Å². The third-order valence-corrected chi connectivity index (χ3v) is 8.93. The van der Waals surface area contributed by atoms with E-state index in [1.54, 1.807) is 29.2 Å². The molecule has 0 bridgehead atoms. The van der Waals surface area contributed by atoms with Crippen LogP contribution in [-0.4, -0.2) is 43.3 Å². The van der Waals surface area contributed by atoms with Crippen molar-refractivity contribution >= 4 is 21.5 Å². The summed E-state index contributed by atoms with van der Waals surface area (Å²) in [7, 11) is -3.62. The maximum atomic E-state index is 13.2. The number of hydrogen-bond donors (Lipinski definition) is 0. The Balaban J connectivity index is 1.43. The molecule has 5 nitrogen and oxygen atoms in total. The predicted octanol–water partition coefficient (Wildman–Crippen LogP) is 4.70. The molecule has 1 saturated heterocycles. The molecule has 1 aliphatic heterocycles. The van der Waals surface area contributed by atoms with Crippen molar-refractivity contribution in [1.82, 2.24) is 4.90 Å². The van der Waals surface area contributed by atoms with Crippen LogP contribution in [0.3, 0.4) is 0 Å². The molecule has 0 spiro atoms. The summed E-state index contributed by atoms with van der Waals surface area (Å²) in [6, 6.07) is 12.9. The van der Waals surface area contributed by atoms with Gasteiger partial charge in [0.1, 0.15) is 5.78 Å². The largest absolute Gasteiger partial charge is 0.416 e. The van der Waals surface area contributed by atoms with Crippen molar-refractivity contribution in [3.8, 4) is 0 Å². The summed E-state index contributed by atoms with van der Waals surface area (Å²) in [6.07, 6.45) is -2.21. The van der Waals surface area contributed by atoms with Crippen molar-refractivity contribution in [2.75, 3.05) is 12.3 Å². The third-order valence-electron chi connectivity index (χ3n) is 7.08. The molecule has 1 aliphatic carbocycles. The van der Waals surface area contributed by atoms with Crippen LogP contribution in [0.4, 0.5) is 13.2 Å². The number of nitrogens with zero attached hydrogens (tertiary/aromatic N) is 1. The minimum absolute atomic E-state index is 0.00209. The minimum atomic E-state index is -4.41. The summed E-state index contributed by atoms with van der Waals surface area (Å²) in [5.41, 5.74) is -0.176. The van der Waals surface area contributed by atoms with Crippen molar-refractivity contribution in [3.05, 3.63) is 65.7 Å². The second-order valence-corrected chi connectivity index (χ2v) is 11.5. The van der Waals surface area contributed by atoms with E-state index in [0.717, 1.165) is 12.1 Å². The molecule has 9 heteroatoms. The molecule has 2 fully saturated rings. The fourth-order valence-corrected chi connectivity index (χ4v) is 6.93. The average Bonchev–Trinajstić information content (AvgIpc) is 3.18. The van der Waals surface area contributed by atoms with Gasteiger partial charge in [0.15, 0.2) is 9.84 Å². The topological polar surface area (TPSA) is 71.5 Å². The fourth-order valence-electron chi connectivity index (χ4n) is 5.27. The van der Waals surface area contributed by atoms with Crippen LogP contribution in [-0.2, 0) is 32.0 Å². The number of carbonyl (C=O) groups is 2. The smallest absolute Gasteiger partial charge is 0.339 e. The van der Waals surface area contributed by atoms with Gasteiger partial charge in [0.2, 0.25) is 5.91 Å². The number of alkyl halides is 3. The molecule has 35 heavy (non-hydrogen) atoms. The molecule has 0 aromatic heterocycles. The Morgan fingerprint density at radius 3 is 2.43 bits per heavy atom. The maximum Gasteiger partial charge on any atom is 0.416 e. The first-order chi connectivity index (χ1) is 16.5. The first-order valence-electron chi connectivity index (χ1n) is 11.8. The van der Waals surface area contributed by atoms with Crippen LogP contribution in [0.15, 0.2) is 59.5 Å². The lowest BCUT2D eigenvalue weighted by Crippen LogP contribution is -2.47. The zero-order chi connectivity index (χ0) is 25.2. The monoisotopic (exact) mass is 507 g/mol. The van der Waals surface area contributed by atoms with Crippen LogP contribution in [0.2, 0.25) is 0 Å². The molecular weight excluding hydrogens is 479 g/mol. The standard InChI is InChI=1S/C26H28F3NO4S/c27-26(28,29)21-6-4-5-18(15-21)9-10-19-13-14-30(25(19)32)24-12-11-22(31)16-20(24)17-35(33,34)23-7-2-1-3-8-23/h1-8,15,19-20,24H,9-14,16-17H2/t19-,20-,24+/m1/s1. The van der Waals surface area contributed by atoms with Gasteiger partial charge in [-0.1, -0.05) is 36.4 Å². The van der Waals surface area contributed by atoms with E-state index >= 15 is 0 Å². The number of amides is 1. The van der Waals surface area contributed by atoms with Gasteiger partial charge in [-0.15, -0.1) is 0 Å². The lowest BCUT2D eigenvalue weighted by molar-refractivity contribution is -0.138. The Morgan fingerprint density at radius 1 is 0.971 bits per heavy atom.